The zero-order valence-electron chi connectivity index (χ0n) is 11.5. The first kappa shape index (κ1) is 16.8. The Kier molecular flexibility index (Phi) is 6.26. The van der Waals surface area contributed by atoms with E-state index in [9.17, 15) is 9.59 Å². The van der Waals surface area contributed by atoms with Crippen LogP contribution in [-0.2, 0) is 16.1 Å². The highest BCUT2D eigenvalue weighted by atomic mass is 35.5. The number of ether oxygens (including phenoxy) is 1. The van der Waals surface area contributed by atoms with Gasteiger partial charge in [-0.1, -0.05) is 29.3 Å². The number of hydrogen-bond donors (Lipinski definition) is 2. The maximum absolute atomic E-state index is 11.8. The van der Waals surface area contributed by atoms with Crippen molar-refractivity contribution < 1.29 is 19.2 Å². The molecule has 20 heavy (non-hydrogen) atoms. The van der Waals surface area contributed by atoms with E-state index < -0.39 is 18.0 Å². The highest BCUT2D eigenvalue weighted by Gasteiger charge is 2.24. The largest absolute Gasteiger partial charge is 0.453 e. The summed E-state index contributed by atoms with van der Waals surface area (Å²) in [7, 11) is 3.06. The third-order valence-corrected chi connectivity index (χ3v) is 3.75. The van der Waals surface area contributed by atoms with Gasteiger partial charge in [0.05, 0.1) is 24.2 Å². The van der Waals surface area contributed by atoms with Gasteiger partial charge in [-0.25, -0.2) is 4.79 Å². The van der Waals surface area contributed by atoms with Crippen LogP contribution < -0.4 is 10.2 Å². The minimum Gasteiger partial charge on any atom is -0.453 e. The first-order valence-electron chi connectivity index (χ1n) is 6.00. The number of imide groups is 1. The zero-order chi connectivity index (χ0) is 15.3. The maximum Gasteiger partial charge on any atom is 0.413 e. The van der Waals surface area contributed by atoms with Crippen LogP contribution in [0.3, 0.4) is 0 Å². The van der Waals surface area contributed by atoms with Crippen molar-refractivity contribution in [3.8, 4) is 0 Å². The normalized spacial score (nSPS) is 13.4. The highest BCUT2D eigenvalue weighted by Crippen LogP contribution is 2.22. The Labute approximate surface area is 127 Å². The summed E-state index contributed by atoms with van der Waals surface area (Å²) in [6.07, 6.45) is -0.760. The Morgan fingerprint density at radius 3 is 2.55 bits per heavy atom. The number of carbonyl (C=O) groups excluding carboxylic acids is 2. The summed E-state index contributed by atoms with van der Waals surface area (Å²) >= 11 is 11.8. The lowest BCUT2D eigenvalue weighted by Crippen LogP contribution is -3.12. The van der Waals surface area contributed by atoms with Crippen molar-refractivity contribution in [2.45, 2.75) is 19.5 Å². The van der Waals surface area contributed by atoms with Gasteiger partial charge in [0.1, 0.15) is 6.54 Å². The lowest BCUT2D eigenvalue weighted by molar-refractivity contribution is -0.908. The molecule has 1 aromatic rings. The summed E-state index contributed by atoms with van der Waals surface area (Å²) in [5.41, 5.74) is 0.953. The minimum atomic E-state index is -0.760. The molecule has 0 saturated carbocycles. The van der Waals surface area contributed by atoms with E-state index in [4.69, 9.17) is 23.2 Å². The molecule has 2 N–H and O–H groups in total. The van der Waals surface area contributed by atoms with E-state index in [0.29, 0.717) is 16.6 Å². The summed E-state index contributed by atoms with van der Waals surface area (Å²) < 4.78 is 4.39. The molecule has 0 bridgehead atoms. The number of benzene rings is 1. The summed E-state index contributed by atoms with van der Waals surface area (Å²) in [4.78, 5) is 23.7. The quantitative estimate of drug-likeness (QED) is 0.879. The van der Waals surface area contributed by atoms with Gasteiger partial charge in [0.2, 0.25) is 0 Å². The molecule has 2 atom stereocenters. The van der Waals surface area contributed by atoms with Crippen molar-refractivity contribution in [3.05, 3.63) is 33.8 Å². The molecule has 1 unspecified atom stereocenters. The van der Waals surface area contributed by atoms with Crippen molar-refractivity contribution in [2.75, 3.05) is 14.2 Å². The van der Waals surface area contributed by atoms with Gasteiger partial charge in [-0.2, -0.15) is 0 Å². The van der Waals surface area contributed by atoms with Crippen LogP contribution in [0, 0.1) is 0 Å². The van der Waals surface area contributed by atoms with Crippen molar-refractivity contribution in [1.29, 1.82) is 0 Å². The van der Waals surface area contributed by atoms with Crippen LogP contribution >= 0.6 is 23.2 Å². The summed E-state index contributed by atoms with van der Waals surface area (Å²) in [5.74, 6) is -0.394. The van der Waals surface area contributed by atoms with E-state index in [1.807, 2.05) is 13.1 Å². The van der Waals surface area contributed by atoms with Crippen LogP contribution in [-0.4, -0.2) is 32.2 Å². The molecule has 0 saturated heterocycles. The molecule has 1 aromatic carbocycles. The molecule has 7 heteroatoms. The Bertz CT molecular complexity index is 508. The molecule has 0 aliphatic carbocycles. The van der Waals surface area contributed by atoms with Gasteiger partial charge in [0, 0.05) is 5.56 Å². The zero-order valence-corrected chi connectivity index (χ0v) is 13.0. The van der Waals surface area contributed by atoms with Gasteiger partial charge < -0.3 is 9.64 Å². The van der Waals surface area contributed by atoms with E-state index in [1.165, 1.54) is 7.11 Å². The molecule has 5 nitrogen and oxygen atoms in total. The van der Waals surface area contributed by atoms with Crippen molar-refractivity contribution in [3.63, 3.8) is 0 Å². The van der Waals surface area contributed by atoms with Gasteiger partial charge in [-0.15, -0.1) is 0 Å². The monoisotopic (exact) mass is 319 g/mol. The third kappa shape index (κ3) is 4.67. The topological polar surface area (TPSA) is 59.8 Å². The lowest BCUT2D eigenvalue weighted by atomic mass is 10.2. The van der Waals surface area contributed by atoms with E-state index in [1.54, 1.807) is 19.1 Å². The molecule has 2 amide bonds. The fraction of sp³-hybridized carbons (Fsp3) is 0.385. The third-order valence-electron chi connectivity index (χ3n) is 3.01. The first-order valence-corrected chi connectivity index (χ1v) is 6.75. The SMILES string of the molecule is COC(=O)NC(=O)[C@@H](C)[NH+](C)Cc1ccc(Cl)c(Cl)c1. The second kappa shape index (κ2) is 7.47. The van der Waals surface area contributed by atoms with Crippen LogP contribution in [0.5, 0.6) is 0 Å². The summed E-state index contributed by atoms with van der Waals surface area (Å²) in [6, 6.07) is 4.91. The molecule has 0 aromatic heterocycles. The number of hydrogen-bond acceptors (Lipinski definition) is 3. The van der Waals surface area contributed by atoms with Gasteiger partial charge in [-0.05, 0) is 19.1 Å². The molecule has 0 heterocycles. The molecule has 1 rings (SSSR count). The second-order valence-electron chi connectivity index (χ2n) is 4.47. The van der Waals surface area contributed by atoms with Crippen LogP contribution in [0.1, 0.15) is 12.5 Å². The number of alkyl carbamates (subject to hydrolysis) is 1. The standard InChI is InChI=1S/C13H16Cl2N2O3/c1-8(12(18)16-13(19)20-3)17(2)7-9-4-5-10(14)11(15)6-9/h4-6,8H,7H2,1-3H3,(H,16,18,19)/p+1/t8-/m1/s1. The molecule has 0 aliphatic rings. The summed E-state index contributed by atoms with van der Waals surface area (Å²) in [5, 5.41) is 3.11. The van der Waals surface area contributed by atoms with Crippen molar-refractivity contribution >= 4 is 35.2 Å². The molecule has 0 aliphatic heterocycles. The Hall–Kier alpha value is -1.30. The number of rotatable bonds is 4. The molecule has 0 radical (unpaired) electrons. The summed E-state index contributed by atoms with van der Waals surface area (Å²) in [6.45, 7) is 2.30. The Morgan fingerprint density at radius 2 is 2.00 bits per heavy atom. The van der Waals surface area contributed by atoms with Crippen molar-refractivity contribution in [1.82, 2.24) is 5.32 Å². The lowest BCUT2D eigenvalue weighted by Gasteiger charge is -2.20. The predicted octanol–water partition coefficient (Wildman–Crippen LogP) is 1.28. The smallest absolute Gasteiger partial charge is 0.413 e. The van der Waals surface area contributed by atoms with E-state index >= 15 is 0 Å². The number of carbonyl (C=O) groups is 2. The number of halogens is 2. The average Bonchev–Trinajstić information content (AvgIpc) is 2.41. The number of quaternary nitrogens is 1. The van der Waals surface area contributed by atoms with Crippen LogP contribution in [0.25, 0.3) is 0 Å². The van der Waals surface area contributed by atoms with Crippen LogP contribution in [0.15, 0.2) is 18.2 Å². The van der Waals surface area contributed by atoms with E-state index in [2.05, 4.69) is 10.1 Å². The maximum atomic E-state index is 11.8. The first-order chi connectivity index (χ1) is 9.35. The molecule has 110 valence electrons. The fourth-order valence-electron chi connectivity index (χ4n) is 1.61. The van der Waals surface area contributed by atoms with Crippen molar-refractivity contribution in [2.24, 2.45) is 0 Å². The van der Waals surface area contributed by atoms with E-state index in [0.717, 1.165) is 10.5 Å². The number of methoxy groups -OCH3 is 1. The highest BCUT2D eigenvalue weighted by molar-refractivity contribution is 6.42. The van der Waals surface area contributed by atoms with Crippen LogP contribution in [0.4, 0.5) is 4.79 Å². The molecule has 0 fully saturated rings. The van der Waals surface area contributed by atoms with Gasteiger partial charge in [0.15, 0.2) is 6.04 Å². The molecule has 0 spiro atoms. The Balaban J connectivity index is 2.65. The average molecular weight is 320 g/mol. The number of likely N-dealkylation sites (N-methyl/N-ethyl adjacent to an activating group) is 1. The van der Waals surface area contributed by atoms with Gasteiger partial charge >= 0.3 is 6.09 Å². The number of nitrogens with one attached hydrogen (secondary N) is 2. The number of amides is 2. The van der Waals surface area contributed by atoms with Crippen LogP contribution in [0.2, 0.25) is 10.0 Å². The second-order valence-corrected chi connectivity index (χ2v) is 5.29. The molecular weight excluding hydrogens is 303 g/mol. The van der Waals surface area contributed by atoms with Gasteiger partial charge in [-0.3, -0.25) is 10.1 Å². The van der Waals surface area contributed by atoms with E-state index in [-0.39, 0.29) is 0 Å². The predicted molar refractivity (Wildman–Crippen MR) is 77.1 cm³/mol. The molecular formula is C13H17Cl2N2O3+. The van der Waals surface area contributed by atoms with Gasteiger partial charge in [0.25, 0.3) is 5.91 Å². The Morgan fingerprint density at radius 1 is 1.35 bits per heavy atom. The fourth-order valence-corrected chi connectivity index (χ4v) is 1.93. The minimum absolute atomic E-state index is 0.394.